The van der Waals surface area contributed by atoms with Gasteiger partial charge < -0.3 is 25.4 Å². The van der Waals surface area contributed by atoms with Crippen molar-refractivity contribution in [2.45, 2.75) is 31.3 Å². The summed E-state index contributed by atoms with van der Waals surface area (Å²) in [6.07, 6.45) is 2.26. The predicted octanol–water partition coefficient (Wildman–Crippen LogP) is 7.63. The smallest absolute Gasteiger partial charge is 0.341 e. The molecular formula is C42H40N4O6S2. The summed E-state index contributed by atoms with van der Waals surface area (Å²) in [4.78, 5) is 57.1. The number of carbonyl (C=O) groups excluding carboxylic acids is 4. The second-order valence-electron chi connectivity index (χ2n) is 12.3. The normalized spacial score (nSPS) is 12.7. The van der Waals surface area contributed by atoms with Gasteiger partial charge in [0.1, 0.15) is 16.4 Å². The zero-order valence-electron chi connectivity index (χ0n) is 29.9. The number of nitrogens with zero attached hydrogens (tertiary/aromatic N) is 1. The van der Waals surface area contributed by atoms with Crippen molar-refractivity contribution in [1.29, 1.82) is 0 Å². The molecule has 5 aromatic rings. The lowest BCUT2D eigenvalue weighted by molar-refractivity contribution is -0.114. The van der Waals surface area contributed by atoms with Crippen molar-refractivity contribution in [2.24, 2.45) is 0 Å². The van der Waals surface area contributed by atoms with Gasteiger partial charge in [-0.05, 0) is 66.9 Å². The molecule has 0 unspecified atom stereocenters. The van der Waals surface area contributed by atoms with Crippen LogP contribution in [0.25, 0.3) is 6.08 Å². The van der Waals surface area contributed by atoms with Gasteiger partial charge >= 0.3 is 5.97 Å². The van der Waals surface area contributed by atoms with Crippen LogP contribution >= 0.6 is 23.1 Å². The minimum absolute atomic E-state index is 0.0247. The van der Waals surface area contributed by atoms with Crippen molar-refractivity contribution in [1.82, 2.24) is 10.2 Å². The number of esters is 1. The molecule has 0 spiro atoms. The van der Waals surface area contributed by atoms with Crippen LogP contribution in [0, 0.1) is 0 Å². The number of amides is 3. The number of fused-ring (bicyclic) bond motifs is 1. The van der Waals surface area contributed by atoms with Crippen LogP contribution in [0.15, 0.2) is 120 Å². The van der Waals surface area contributed by atoms with E-state index in [0.29, 0.717) is 52.7 Å². The van der Waals surface area contributed by atoms with E-state index in [2.05, 4.69) is 33.0 Å². The maximum Gasteiger partial charge on any atom is 0.341 e. The second-order valence-corrected chi connectivity index (χ2v) is 14.5. The first-order chi connectivity index (χ1) is 26.3. The maximum absolute atomic E-state index is 13.7. The van der Waals surface area contributed by atoms with Crippen molar-refractivity contribution < 1.29 is 28.7 Å². The summed E-state index contributed by atoms with van der Waals surface area (Å²) in [6.45, 7) is 4.56. The van der Waals surface area contributed by atoms with Crippen molar-refractivity contribution in [3.63, 3.8) is 0 Å². The van der Waals surface area contributed by atoms with Crippen LogP contribution in [0.1, 0.15) is 49.2 Å². The summed E-state index contributed by atoms with van der Waals surface area (Å²) in [7, 11) is 1.35. The van der Waals surface area contributed by atoms with E-state index in [4.69, 9.17) is 9.47 Å². The first kappa shape index (κ1) is 38.0. The van der Waals surface area contributed by atoms with E-state index in [1.54, 1.807) is 60.7 Å². The van der Waals surface area contributed by atoms with Gasteiger partial charge in [-0.2, -0.15) is 0 Å². The Balaban J connectivity index is 1.12. The molecule has 2 heterocycles. The fourth-order valence-electron chi connectivity index (χ4n) is 6.00. The average Bonchev–Trinajstić information content (AvgIpc) is 3.55. The van der Waals surface area contributed by atoms with Gasteiger partial charge in [0.2, 0.25) is 5.91 Å². The number of thiophene rings is 1. The first-order valence-electron chi connectivity index (χ1n) is 17.4. The van der Waals surface area contributed by atoms with E-state index < -0.39 is 17.8 Å². The summed E-state index contributed by atoms with van der Waals surface area (Å²) < 4.78 is 10.9. The molecule has 10 nitrogen and oxygen atoms in total. The molecule has 6 rings (SSSR count). The average molecular weight is 761 g/mol. The highest BCUT2D eigenvalue weighted by Gasteiger charge is 2.29. The molecule has 276 valence electrons. The van der Waals surface area contributed by atoms with Crippen LogP contribution in [0.5, 0.6) is 5.75 Å². The molecule has 3 amide bonds. The van der Waals surface area contributed by atoms with Crippen molar-refractivity contribution in [3.05, 3.63) is 148 Å². The van der Waals surface area contributed by atoms with Crippen molar-refractivity contribution >= 4 is 63.6 Å². The Bertz CT molecular complexity index is 2150. The van der Waals surface area contributed by atoms with Gasteiger partial charge in [0, 0.05) is 46.2 Å². The van der Waals surface area contributed by atoms with E-state index >= 15 is 0 Å². The third-order valence-corrected chi connectivity index (χ3v) is 10.7. The summed E-state index contributed by atoms with van der Waals surface area (Å²) in [6, 6.07) is 33.2. The molecule has 0 saturated heterocycles. The number of hydrogen-bond donors (Lipinski definition) is 3. The lowest BCUT2D eigenvalue weighted by atomic mass is 10.0. The number of carbonyl (C=O) groups is 4. The molecular weight excluding hydrogens is 721 g/mol. The Morgan fingerprint density at radius 2 is 1.63 bits per heavy atom. The minimum atomic E-state index is -0.537. The number of benzene rings is 4. The van der Waals surface area contributed by atoms with E-state index in [0.717, 1.165) is 28.4 Å². The van der Waals surface area contributed by atoms with E-state index in [1.807, 2.05) is 49.4 Å². The number of para-hydroxylation sites is 1. The Morgan fingerprint density at radius 1 is 0.889 bits per heavy atom. The third kappa shape index (κ3) is 9.84. The number of nitrogens with one attached hydrogen (secondary N) is 3. The monoisotopic (exact) mass is 760 g/mol. The predicted molar refractivity (Wildman–Crippen MR) is 214 cm³/mol. The standard InChI is InChI=1S/C42H40N4O6S2/c1-3-52-35-20-11-10-17-30(35)23-34(44-39(48)29-15-8-5-9-16-29)40(49)43-31-18-12-19-32(24-31)53-27-37(47)45-41-38(42(50)51-2)33-21-22-46(26-36(33)54-41)25-28-13-6-4-7-14-28/h4-20,23-24H,3,21-22,25-27H2,1-2H3,(H,43,49)(H,44,48)(H,45,47)/b34-23+. The molecule has 54 heavy (non-hydrogen) atoms. The Kier molecular flexibility index (Phi) is 12.9. The number of thioether (sulfide) groups is 1. The third-order valence-electron chi connectivity index (χ3n) is 8.54. The van der Waals surface area contributed by atoms with Crippen molar-refractivity contribution in [3.8, 4) is 5.75 Å². The molecule has 1 aromatic heterocycles. The quantitative estimate of drug-likeness (QED) is 0.0600. The lowest BCUT2D eigenvalue weighted by Crippen LogP contribution is -2.30. The van der Waals surface area contributed by atoms with Gasteiger partial charge in [0.15, 0.2) is 0 Å². The highest BCUT2D eigenvalue weighted by molar-refractivity contribution is 8.00. The van der Waals surface area contributed by atoms with Gasteiger partial charge in [-0.3, -0.25) is 19.3 Å². The van der Waals surface area contributed by atoms with E-state index in [9.17, 15) is 19.2 Å². The van der Waals surface area contributed by atoms with Crippen LogP contribution in [0.3, 0.4) is 0 Å². The fraction of sp³-hybridized carbons (Fsp3) is 0.190. The summed E-state index contributed by atoms with van der Waals surface area (Å²) >= 11 is 2.70. The molecule has 0 saturated carbocycles. The van der Waals surface area contributed by atoms with Crippen LogP contribution < -0.4 is 20.7 Å². The van der Waals surface area contributed by atoms with Crippen LogP contribution in [0.2, 0.25) is 0 Å². The molecule has 1 aliphatic heterocycles. The summed E-state index contributed by atoms with van der Waals surface area (Å²) in [5.74, 6) is -1.08. The maximum atomic E-state index is 13.7. The molecule has 1 aliphatic rings. The lowest BCUT2D eigenvalue weighted by Gasteiger charge is -2.27. The zero-order valence-corrected chi connectivity index (χ0v) is 31.6. The number of ether oxygens (including phenoxy) is 2. The molecule has 4 aromatic carbocycles. The van der Waals surface area contributed by atoms with E-state index in [-0.39, 0.29) is 17.4 Å². The van der Waals surface area contributed by atoms with Gasteiger partial charge in [0.25, 0.3) is 11.8 Å². The van der Waals surface area contributed by atoms with Crippen LogP contribution in [-0.2, 0) is 33.8 Å². The van der Waals surface area contributed by atoms with Gasteiger partial charge in [-0.1, -0.05) is 72.8 Å². The summed E-state index contributed by atoms with van der Waals surface area (Å²) in [5.41, 5.74) is 4.09. The largest absolute Gasteiger partial charge is 0.493 e. The molecule has 12 heteroatoms. The molecule has 0 bridgehead atoms. The summed E-state index contributed by atoms with van der Waals surface area (Å²) in [5, 5.41) is 9.09. The van der Waals surface area contributed by atoms with Crippen molar-refractivity contribution in [2.75, 3.05) is 36.6 Å². The number of rotatable bonds is 14. The van der Waals surface area contributed by atoms with Crippen LogP contribution in [-0.4, -0.2) is 54.6 Å². The highest BCUT2D eigenvalue weighted by Crippen LogP contribution is 2.38. The van der Waals surface area contributed by atoms with Gasteiger partial charge in [-0.25, -0.2) is 4.79 Å². The number of anilines is 2. The van der Waals surface area contributed by atoms with Crippen LogP contribution in [0.4, 0.5) is 10.7 Å². The topological polar surface area (TPSA) is 126 Å². The Hall–Kier alpha value is -5.69. The zero-order chi connectivity index (χ0) is 37.9. The molecule has 0 aliphatic carbocycles. The second kappa shape index (κ2) is 18.4. The SMILES string of the molecule is CCOc1ccccc1/C=C(/NC(=O)c1ccccc1)C(=O)Nc1cccc(SCC(=O)Nc2sc3c(c2C(=O)OC)CCN(Cc2ccccc2)C3)c1. The van der Waals surface area contributed by atoms with Gasteiger partial charge in [0.05, 0.1) is 25.0 Å². The Morgan fingerprint density at radius 3 is 2.39 bits per heavy atom. The highest BCUT2D eigenvalue weighted by atomic mass is 32.2. The number of hydrogen-bond acceptors (Lipinski definition) is 9. The Labute approximate surface area is 322 Å². The molecule has 0 atom stereocenters. The van der Waals surface area contributed by atoms with Gasteiger partial charge in [-0.15, -0.1) is 23.1 Å². The molecule has 0 radical (unpaired) electrons. The fourth-order valence-corrected chi connectivity index (χ4v) is 8.05. The molecule has 0 fully saturated rings. The number of methoxy groups -OCH3 is 1. The van der Waals surface area contributed by atoms with E-state index in [1.165, 1.54) is 35.8 Å². The minimum Gasteiger partial charge on any atom is -0.493 e. The molecule has 3 N–H and O–H groups in total. The first-order valence-corrected chi connectivity index (χ1v) is 19.2.